The average molecular weight is 614 g/mol. The molecule has 5 rings (SSSR count). The van der Waals surface area contributed by atoms with Crippen LogP contribution >= 0.6 is 11.6 Å². The standard InChI is InChI=1S/C29H36ClN7O4S/c1-35(2)27(38)19-36-14-10-20-16-24(25(41-3)17-21(20)11-15-36)33-29-31-18-22(30)28(34-29)32-23-8-4-5-9-26(23)42(39,40)37-12-6-7-13-37/h4-5,8-9,16-18H,6-7,10-15,19H2,1-3H3,(H2,31,32,33,34). The van der Waals surface area contributed by atoms with Crippen molar-refractivity contribution in [1.82, 2.24) is 24.1 Å². The third-order valence-electron chi connectivity index (χ3n) is 7.59. The number of halogens is 1. The SMILES string of the molecule is COc1cc2c(cc1Nc1ncc(Cl)c(Nc3ccccc3S(=O)(=O)N3CCCC3)n1)CCN(CC(=O)N(C)C)CC2. The Balaban J connectivity index is 1.37. The largest absolute Gasteiger partial charge is 0.495 e. The molecule has 0 atom stereocenters. The van der Waals surface area contributed by atoms with Gasteiger partial charge in [0.2, 0.25) is 21.9 Å². The molecule has 2 aliphatic rings. The molecule has 3 aromatic rings. The summed E-state index contributed by atoms with van der Waals surface area (Å²) in [5.41, 5.74) is 3.41. The van der Waals surface area contributed by atoms with E-state index in [1.165, 1.54) is 16.1 Å². The molecule has 2 N–H and O–H groups in total. The molecule has 13 heteroatoms. The van der Waals surface area contributed by atoms with Crippen LogP contribution in [0.4, 0.5) is 23.1 Å². The zero-order chi connectivity index (χ0) is 29.9. The molecule has 0 radical (unpaired) electrons. The molecular weight excluding hydrogens is 578 g/mol. The minimum atomic E-state index is -3.67. The number of rotatable bonds is 9. The number of benzene rings is 2. The number of carbonyl (C=O) groups is 1. The summed E-state index contributed by atoms with van der Waals surface area (Å²) in [5.74, 6) is 1.27. The second-order valence-corrected chi connectivity index (χ2v) is 12.9. The number of ether oxygens (including phenoxy) is 1. The van der Waals surface area contributed by atoms with Crippen molar-refractivity contribution in [3.63, 3.8) is 0 Å². The Morgan fingerprint density at radius 2 is 1.71 bits per heavy atom. The van der Waals surface area contributed by atoms with Gasteiger partial charge < -0.3 is 20.3 Å². The second-order valence-electron chi connectivity index (χ2n) is 10.6. The summed E-state index contributed by atoms with van der Waals surface area (Å²) in [6, 6.07) is 10.8. The number of aromatic nitrogens is 2. The first kappa shape index (κ1) is 30.0. The Labute approximate surface area is 251 Å². The van der Waals surface area contributed by atoms with Crippen molar-refractivity contribution in [1.29, 1.82) is 0 Å². The summed E-state index contributed by atoms with van der Waals surface area (Å²) >= 11 is 6.45. The molecule has 11 nitrogen and oxygen atoms in total. The van der Waals surface area contributed by atoms with E-state index in [0.717, 1.165) is 44.3 Å². The normalized spacial score (nSPS) is 16.0. The van der Waals surface area contributed by atoms with Crippen LogP contribution in [0, 0.1) is 0 Å². The van der Waals surface area contributed by atoms with Gasteiger partial charge in [0.15, 0.2) is 5.82 Å². The van der Waals surface area contributed by atoms with Gasteiger partial charge in [0, 0.05) is 40.3 Å². The van der Waals surface area contributed by atoms with E-state index < -0.39 is 10.0 Å². The summed E-state index contributed by atoms with van der Waals surface area (Å²) in [6.45, 7) is 2.96. The lowest BCUT2D eigenvalue weighted by molar-refractivity contribution is -0.129. The molecule has 1 fully saturated rings. The van der Waals surface area contributed by atoms with Gasteiger partial charge in [0.05, 0.1) is 31.2 Å². The number of hydrogen-bond acceptors (Lipinski definition) is 9. The van der Waals surface area contributed by atoms with E-state index in [9.17, 15) is 13.2 Å². The van der Waals surface area contributed by atoms with Crippen LogP contribution in [0.3, 0.4) is 0 Å². The summed E-state index contributed by atoms with van der Waals surface area (Å²) in [4.78, 5) is 25.1. The Hall–Kier alpha value is -3.45. The molecular formula is C29H36ClN7O4S. The maximum Gasteiger partial charge on any atom is 0.245 e. The van der Waals surface area contributed by atoms with Gasteiger partial charge in [-0.2, -0.15) is 9.29 Å². The van der Waals surface area contributed by atoms with Crippen molar-refractivity contribution in [2.45, 2.75) is 30.6 Å². The monoisotopic (exact) mass is 613 g/mol. The number of nitrogens with zero attached hydrogens (tertiary/aromatic N) is 5. The van der Waals surface area contributed by atoms with E-state index >= 15 is 0 Å². The van der Waals surface area contributed by atoms with Gasteiger partial charge in [-0.1, -0.05) is 23.7 Å². The smallest absolute Gasteiger partial charge is 0.245 e. The zero-order valence-corrected chi connectivity index (χ0v) is 25.6. The van der Waals surface area contributed by atoms with Crippen LogP contribution in [0.1, 0.15) is 24.0 Å². The van der Waals surface area contributed by atoms with Crippen LogP contribution in [0.2, 0.25) is 5.02 Å². The van der Waals surface area contributed by atoms with E-state index in [0.29, 0.717) is 36.8 Å². The molecule has 0 spiro atoms. The van der Waals surface area contributed by atoms with Crippen molar-refractivity contribution in [2.75, 3.05) is 64.6 Å². The molecule has 1 amide bonds. The second kappa shape index (κ2) is 12.8. The number of fused-ring (bicyclic) bond motifs is 1. The third-order valence-corrected chi connectivity index (χ3v) is 9.82. The number of sulfonamides is 1. The summed E-state index contributed by atoms with van der Waals surface area (Å²) in [7, 11) is 1.48. The first-order valence-corrected chi connectivity index (χ1v) is 15.8. The van der Waals surface area contributed by atoms with E-state index in [2.05, 4.69) is 25.5 Å². The molecule has 0 unspecified atom stereocenters. The Kier molecular flexibility index (Phi) is 9.16. The van der Waals surface area contributed by atoms with Gasteiger partial charge in [-0.25, -0.2) is 13.4 Å². The van der Waals surface area contributed by atoms with Crippen molar-refractivity contribution in [2.24, 2.45) is 0 Å². The van der Waals surface area contributed by atoms with Crippen LogP contribution in [0.5, 0.6) is 5.75 Å². The molecule has 224 valence electrons. The minimum Gasteiger partial charge on any atom is -0.495 e. The van der Waals surface area contributed by atoms with Gasteiger partial charge in [-0.3, -0.25) is 9.69 Å². The fraction of sp³-hybridized carbons (Fsp3) is 0.414. The lowest BCUT2D eigenvalue weighted by atomic mass is 10.0. The van der Waals surface area contributed by atoms with Gasteiger partial charge in [0.25, 0.3) is 0 Å². The Morgan fingerprint density at radius 1 is 1.02 bits per heavy atom. The van der Waals surface area contributed by atoms with E-state index in [-0.39, 0.29) is 27.6 Å². The number of likely N-dealkylation sites (N-methyl/N-ethyl adjacent to an activating group) is 1. The summed E-state index contributed by atoms with van der Waals surface area (Å²) in [5, 5.41) is 6.61. The topological polar surface area (TPSA) is 120 Å². The van der Waals surface area contributed by atoms with Gasteiger partial charge >= 0.3 is 0 Å². The molecule has 2 aliphatic heterocycles. The van der Waals surface area contributed by atoms with Gasteiger partial charge in [0.1, 0.15) is 15.7 Å². The molecule has 3 heterocycles. The Morgan fingerprint density at radius 3 is 2.40 bits per heavy atom. The van der Waals surface area contributed by atoms with E-state index in [1.807, 2.05) is 12.1 Å². The van der Waals surface area contributed by atoms with Crippen molar-refractivity contribution in [3.05, 3.63) is 58.7 Å². The number of amides is 1. The van der Waals surface area contributed by atoms with Crippen LogP contribution in [-0.2, 0) is 27.7 Å². The maximum atomic E-state index is 13.3. The fourth-order valence-corrected chi connectivity index (χ4v) is 6.99. The lowest BCUT2D eigenvalue weighted by Crippen LogP contribution is -2.37. The third kappa shape index (κ3) is 6.62. The van der Waals surface area contributed by atoms with Crippen molar-refractivity contribution in [3.8, 4) is 5.75 Å². The quantitative estimate of drug-likeness (QED) is 0.370. The van der Waals surface area contributed by atoms with Gasteiger partial charge in [-0.05, 0) is 61.1 Å². The number of para-hydroxylation sites is 1. The number of anilines is 4. The highest BCUT2D eigenvalue weighted by atomic mass is 35.5. The molecule has 42 heavy (non-hydrogen) atoms. The number of nitrogens with one attached hydrogen (secondary N) is 2. The summed E-state index contributed by atoms with van der Waals surface area (Å²) in [6.07, 6.45) is 4.75. The van der Waals surface area contributed by atoms with E-state index in [4.69, 9.17) is 16.3 Å². The molecule has 2 aromatic carbocycles. The van der Waals surface area contributed by atoms with Crippen LogP contribution < -0.4 is 15.4 Å². The van der Waals surface area contributed by atoms with Crippen molar-refractivity contribution >= 4 is 50.7 Å². The predicted octanol–water partition coefficient (Wildman–Crippen LogP) is 3.90. The first-order chi connectivity index (χ1) is 20.2. The highest BCUT2D eigenvalue weighted by Crippen LogP contribution is 2.34. The summed E-state index contributed by atoms with van der Waals surface area (Å²) < 4.78 is 33.9. The van der Waals surface area contributed by atoms with Crippen LogP contribution in [0.25, 0.3) is 0 Å². The lowest BCUT2D eigenvalue weighted by Gasteiger charge is -2.21. The Bertz CT molecular complexity index is 1560. The number of carbonyl (C=O) groups excluding carboxylic acids is 1. The average Bonchev–Trinajstić information content (AvgIpc) is 3.46. The predicted molar refractivity (Wildman–Crippen MR) is 164 cm³/mol. The fourth-order valence-electron chi connectivity index (χ4n) is 5.18. The maximum absolute atomic E-state index is 13.3. The minimum absolute atomic E-state index is 0.0847. The zero-order valence-electron chi connectivity index (χ0n) is 24.1. The van der Waals surface area contributed by atoms with Crippen LogP contribution in [-0.4, -0.2) is 92.3 Å². The molecule has 0 saturated carbocycles. The molecule has 0 aliphatic carbocycles. The van der Waals surface area contributed by atoms with Gasteiger partial charge in [-0.15, -0.1) is 0 Å². The molecule has 1 saturated heterocycles. The number of hydrogen-bond donors (Lipinski definition) is 2. The highest BCUT2D eigenvalue weighted by Gasteiger charge is 2.29. The van der Waals surface area contributed by atoms with E-state index in [1.54, 1.807) is 50.4 Å². The molecule has 0 bridgehead atoms. The van der Waals surface area contributed by atoms with Crippen LogP contribution in [0.15, 0.2) is 47.5 Å². The molecule has 1 aromatic heterocycles. The highest BCUT2D eigenvalue weighted by molar-refractivity contribution is 7.89. The first-order valence-electron chi connectivity index (χ1n) is 13.9. The van der Waals surface area contributed by atoms with Crippen molar-refractivity contribution < 1.29 is 17.9 Å². The number of methoxy groups -OCH3 is 1.